The SMILES string of the molecule is C[C@@H]1CC[C@H](C)C(I)(I)[C@@H](C)C(CC#N)C1. The van der Waals surface area contributed by atoms with E-state index < -0.39 is 0 Å². The van der Waals surface area contributed by atoms with E-state index in [1.165, 1.54) is 19.3 Å². The van der Waals surface area contributed by atoms with Crippen LogP contribution in [0.2, 0.25) is 0 Å². The molecule has 0 bridgehead atoms. The molecular formula is C13H21I2N. The van der Waals surface area contributed by atoms with E-state index in [2.05, 4.69) is 72.0 Å². The van der Waals surface area contributed by atoms with Crippen LogP contribution in [0.5, 0.6) is 0 Å². The quantitative estimate of drug-likeness (QED) is 0.404. The lowest BCUT2D eigenvalue weighted by Crippen LogP contribution is -2.37. The van der Waals surface area contributed by atoms with Gasteiger partial charge in [0.05, 0.1) is 7.50 Å². The molecule has 0 amide bonds. The summed E-state index contributed by atoms with van der Waals surface area (Å²) in [6.07, 6.45) is 4.61. The standard InChI is InChI=1S/C13H21I2N/c1-9-4-5-10(2)13(14,15)11(3)12(8-9)6-7-16/h9-12H,4-6,8H2,1-3H3/t9-,10+,11+,12?/m1/s1. The van der Waals surface area contributed by atoms with E-state index in [0.29, 0.717) is 13.3 Å². The minimum Gasteiger partial charge on any atom is -0.198 e. The summed E-state index contributed by atoms with van der Waals surface area (Å²) in [6, 6.07) is 2.38. The molecule has 92 valence electrons. The van der Waals surface area contributed by atoms with Crippen molar-refractivity contribution in [1.82, 2.24) is 0 Å². The first kappa shape index (κ1) is 15.0. The summed E-state index contributed by atoms with van der Waals surface area (Å²) in [6.45, 7) is 7.06. The average Bonchev–Trinajstić information content (AvgIpc) is 2.23. The van der Waals surface area contributed by atoms with E-state index >= 15 is 0 Å². The van der Waals surface area contributed by atoms with Crippen LogP contribution in [0.4, 0.5) is 0 Å². The Morgan fingerprint density at radius 1 is 1.25 bits per heavy atom. The van der Waals surface area contributed by atoms with Gasteiger partial charge in [-0.3, -0.25) is 0 Å². The topological polar surface area (TPSA) is 23.8 Å². The van der Waals surface area contributed by atoms with E-state index in [0.717, 1.165) is 18.3 Å². The molecule has 4 atom stereocenters. The molecule has 0 saturated heterocycles. The van der Waals surface area contributed by atoms with Gasteiger partial charge in [-0.1, -0.05) is 72.4 Å². The summed E-state index contributed by atoms with van der Waals surface area (Å²) in [5, 5.41) is 8.97. The van der Waals surface area contributed by atoms with E-state index in [9.17, 15) is 0 Å². The van der Waals surface area contributed by atoms with Crippen molar-refractivity contribution >= 4 is 45.2 Å². The number of nitrogens with zero attached hydrogens (tertiary/aromatic N) is 1. The molecule has 0 aromatic carbocycles. The lowest BCUT2D eigenvalue weighted by Gasteiger charge is -2.41. The number of hydrogen-bond donors (Lipinski definition) is 0. The minimum atomic E-state index is 0.317. The fourth-order valence-corrected chi connectivity index (χ4v) is 4.35. The monoisotopic (exact) mass is 445 g/mol. The van der Waals surface area contributed by atoms with Gasteiger partial charge >= 0.3 is 0 Å². The second kappa shape index (κ2) is 6.21. The van der Waals surface area contributed by atoms with Gasteiger partial charge in [0.1, 0.15) is 0 Å². The fourth-order valence-electron chi connectivity index (χ4n) is 2.71. The molecule has 0 spiro atoms. The summed E-state index contributed by atoms with van der Waals surface area (Å²) in [5.74, 6) is 2.74. The van der Waals surface area contributed by atoms with Gasteiger partial charge in [-0.05, 0) is 36.5 Å². The predicted octanol–water partition coefficient (Wildman–Crippen LogP) is 5.17. The molecule has 1 saturated carbocycles. The first-order valence-corrected chi connectivity index (χ1v) is 8.30. The highest BCUT2D eigenvalue weighted by Gasteiger charge is 2.41. The molecule has 0 aromatic heterocycles. The molecular weight excluding hydrogens is 424 g/mol. The first-order valence-electron chi connectivity index (χ1n) is 6.14. The summed E-state index contributed by atoms with van der Waals surface area (Å²) >= 11 is 5.25. The van der Waals surface area contributed by atoms with Crippen LogP contribution in [-0.4, -0.2) is 1.43 Å². The van der Waals surface area contributed by atoms with Crippen LogP contribution in [-0.2, 0) is 0 Å². The van der Waals surface area contributed by atoms with Gasteiger partial charge in [-0.15, -0.1) is 0 Å². The minimum absolute atomic E-state index is 0.317. The fraction of sp³-hybridized carbons (Fsp3) is 0.923. The number of hydrogen-bond acceptors (Lipinski definition) is 1. The third-order valence-electron chi connectivity index (χ3n) is 4.12. The molecule has 3 heteroatoms. The summed E-state index contributed by atoms with van der Waals surface area (Å²) in [4.78, 5) is 0. The van der Waals surface area contributed by atoms with Crippen LogP contribution in [0.3, 0.4) is 0 Å². The molecule has 0 aromatic rings. The number of alkyl halides is 2. The smallest absolute Gasteiger partial charge is 0.0788 e. The Labute approximate surface area is 127 Å². The average molecular weight is 445 g/mol. The second-order valence-corrected chi connectivity index (χ2v) is 11.0. The van der Waals surface area contributed by atoms with Crippen molar-refractivity contribution in [3.8, 4) is 6.07 Å². The summed E-state index contributed by atoms with van der Waals surface area (Å²) in [7, 11) is 0. The van der Waals surface area contributed by atoms with E-state index in [4.69, 9.17) is 5.26 Å². The first-order chi connectivity index (χ1) is 7.39. The van der Waals surface area contributed by atoms with Crippen molar-refractivity contribution in [3.05, 3.63) is 0 Å². The molecule has 1 aliphatic carbocycles. The number of nitriles is 1. The van der Waals surface area contributed by atoms with Crippen LogP contribution in [0, 0.1) is 35.0 Å². The van der Waals surface area contributed by atoms with Gasteiger partial charge < -0.3 is 0 Å². The Bertz CT molecular complexity index is 270. The Morgan fingerprint density at radius 3 is 2.44 bits per heavy atom. The summed E-state index contributed by atoms with van der Waals surface area (Å²) in [5.41, 5.74) is 0. The molecule has 16 heavy (non-hydrogen) atoms. The van der Waals surface area contributed by atoms with Gasteiger partial charge in [0.2, 0.25) is 0 Å². The maximum Gasteiger partial charge on any atom is 0.0788 e. The zero-order valence-electron chi connectivity index (χ0n) is 10.3. The van der Waals surface area contributed by atoms with Crippen molar-refractivity contribution in [3.63, 3.8) is 0 Å². The third-order valence-corrected chi connectivity index (χ3v) is 8.21. The van der Waals surface area contributed by atoms with Crippen LogP contribution in [0.15, 0.2) is 0 Å². The van der Waals surface area contributed by atoms with E-state index in [1.807, 2.05) is 0 Å². The van der Waals surface area contributed by atoms with Crippen molar-refractivity contribution in [2.24, 2.45) is 23.7 Å². The Balaban J connectivity index is 2.87. The van der Waals surface area contributed by atoms with Crippen LogP contribution in [0.25, 0.3) is 0 Å². The molecule has 0 N–H and O–H groups in total. The van der Waals surface area contributed by atoms with Crippen molar-refractivity contribution in [2.75, 3.05) is 0 Å². The van der Waals surface area contributed by atoms with Gasteiger partial charge in [-0.2, -0.15) is 5.26 Å². The van der Waals surface area contributed by atoms with Gasteiger partial charge in [-0.25, -0.2) is 0 Å². The van der Waals surface area contributed by atoms with Crippen LogP contribution < -0.4 is 0 Å². The van der Waals surface area contributed by atoms with Gasteiger partial charge in [0.25, 0.3) is 0 Å². The molecule has 1 rings (SSSR count). The molecule has 1 aliphatic rings. The van der Waals surface area contributed by atoms with Crippen molar-refractivity contribution < 1.29 is 0 Å². The van der Waals surface area contributed by atoms with Crippen LogP contribution in [0.1, 0.15) is 46.5 Å². The van der Waals surface area contributed by atoms with Gasteiger partial charge in [0, 0.05) is 6.42 Å². The third kappa shape index (κ3) is 3.47. The molecule has 0 heterocycles. The number of rotatable bonds is 1. The highest BCUT2D eigenvalue weighted by atomic mass is 127. The predicted molar refractivity (Wildman–Crippen MR) is 85.8 cm³/mol. The molecule has 0 radical (unpaired) electrons. The molecule has 1 unspecified atom stereocenters. The Kier molecular flexibility index (Phi) is 5.83. The maximum absolute atomic E-state index is 8.97. The lowest BCUT2D eigenvalue weighted by molar-refractivity contribution is 0.216. The van der Waals surface area contributed by atoms with Crippen LogP contribution >= 0.6 is 45.2 Å². The highest BCUT2D eigenvalue weighted by Crippen LogP contribution is 2.51. The normalized spacial score (nSPS) is 39.5. The lowest BCUT2D eigenvalue weighted by atomic mass is 9.74. The molecule has 1 nitrogen and oxygen atoms in total. The maximum atomic E-state index is 8.97. The Hall–Kier alpha value is 0.950. The van der Waals surface area contributed by atoms with Crippen molar-refractivity contribution in [1.29, 1.82) is 5.26 Å². The Morgan fingerprint density at radius 2 is 1.88 bits per heavy atom. The van der Waals surface area contributed by atoms with Crippen molar-refractivity contribution in [2.45, 2.75) is 47.9 Å². The van der Waals surface area contributed by atoms with E-state index in [1.54, 1.807) is 0 Å². The molecule has 0 aliphatic heterocycles. The van der Waals surface area contributed by atoms with E-state index in [-0.39, 0.29) is 0 Å². The molecule has 1 fully saturated rings. The zero-order valence-corrected chi connectivity index (χ0v) is 14.7. The highest BCUT2D eigenvalue weighted by molar-refractivity contribution is 14.2. The zero-order chi connectivity index (χ0) is 12.3. The largest absolute Gasteiger partial charge is 0.198 e. The number of halogens is 2. The summed E-state index contributed by atoms with van der Waals surface area (Å²) < 4.78 is 0.317. The van der Waals surface area contributed by atoms with Gasteiger partial charge in [0.15, 0.2) is 0 Å². The second-order valence-electron chi connectivity index (χ2n) is 5.40.